The molecule has 1 aromatic rings. The normalized spacial score (nSPS) is 25.6. The molecule has 2 aliphatic heterocycles. The second-order valence-electron chi connectivity index (χ2n) is 6.36. The van der Waals surface area contributed by atoms with Crippen molar-refractivity contribution >= 4 is 11.8 Å². The molecule has 0 radical (unpaired) electrons. The van der Waals surface area contributed by atoms with Crippen LogP contribution in [0.2, 0.25) is 0 Å². The van der Waals surface area contributed by atoms with Crippen molar-refractivity contribution in [3.63, 3.8) is 0 Å². The fraction of sp³-hybridized carbons (Fsp3) is 0.600. The smallest absolute Gasteiger partial charge is 0.222 e. The number of nitrogens with zero attached hydrogens (tertiary/aromatic N) is 4. The van der Waals surface area contributed by atoms with E-state index in [9.17, 15) is 0 Å². The first-order valence-corrected chi connectivity index (χ1v) is 7.49. The minimum absolute atomic E-state index is 0.424. The summed E-state index contributed by atoms with van der Waals surface area (Å²) in [6.45, 7) is 3.16. The average Bonchev–Trinajstić information content (AvgIpc) is 2.82. The Labute approximate surface area is 119 Å². The van der Waals surface area contributed by atoms with Crippen molar-refractivity contribution in [2.75, 3.05) is 37.3 Å². The summed E-state index contributed by atoms with van der Waals surface area (Å²) in [5.74, 6) is 2.69. The van der Waals surface area contributed by atoms with E-state index in [2.05, 4.69) is 39.1 Å². The lowest BCUT2D eigenvalue weighted by Gasteiger charge is -2.26. The summed E-state index contributed by atoms with van der Waals surface area (Å²) in [7, 11) is 2.15. The predicted octanol–water partition coefficient (Wildman–Crippen LogP) is 1.59. The van der Waals surface area contributed by atoms with Crippen molar-refractivity contribution in [3.8, 4) is 0 Å². The summed E-state index contributed by atoms with van der Waals surface area (Å²) in [6, 6.07) is 2.16. The Morgan fingerprint density at radius 3 is 2.75 bits per heavy atom. The van der Waals surface area contributed by atoms with E-state index in [4.69, 9.17) is 5.73 Å². The van der Waals surface area contributed by atoms with Crippen molar-refractivity contribution in [3.05, 3.63) is 23.5 Å². The molecule has 0 spiro atoms. The van der Waals surface area contributed by atoms with E-state index < -0.39 is 0 Å². The van der Waals surface area contributed by atoms with Crippen molar-refractivity contribution in [2.24, 2.45) is 5.92 Å². The van der Waals surface area contributed by atoms with Gasteiger partial charge in [-0.25, -0.2) is 4.98 Å². The van der Waals surface area contributed by atoms with Crippen LogP contribution in [0.25, 0.3) is 0 Å². The highest BCUT2D eigenvalue weighted by atomic mass is 15.3. The number of hydrogen-bond donors (Lipinski definition) is 1. The summed E-state index contributed by atoms with van der Waals surface area (Å²) < 4.78 is 0. The lowest BCUT2D eigenvalue weighted by Crippen LogP contribution is -2.25. The van der Waals surface area contributed by atoms with Gasteiger partial charge >= 0.3 is 0 Å². The van der Waals surface area contributed by atoms with Gasteiger partial charge in [0.2, 0.25) is 5.95 Å². The molecule has 0 aromatic carbocycles. The minimum atomic E-state index is 0.424. The van der Waals surface area contributed by atoms with E-state index in [1.807, 2.05) is 0 Å². The first-order valence-electron chi connectivity index (χ1n) is 7.49. The number of hydrogen-bond acceptors (Lipinski definition) is 5. The third-order valence-electron chi connectivity index (χ3n) is 4.83. The molecule has 4 rings (SSSR count). The third-order valence-corrected chi connectivity index (χ3v) is 4.83. The summed E-state index contributed by atoms with van der Waals surface area (Å²) in [5.41, 5.74) is 8.57. The number of nitrogen functional groups attached to an aromatic ring is 1. The van der Waals surface area contributed by atoms with Crippen molar-refractivity contribution in [2.45, 2.75) is 25.2 Å². The van der Waals surface area contributed by atoms with E-state index in [0.29, 0.717) is 17.8 Å². The molecule has 1 aliphatic carbocycles. The maximum atomic E-state index is 5.91. The number of aromatic nitrogens is 2. The highest BCUT2D eigenvalue weighted by molar-refractivity contribution is 5.49. The van der Waals surface area contributed by atoms with Crippen LogP contribution in [0.15, 0.2) is 17.8 Å². The molecule has 106 valence electrons. The Bertz CT molecular complexity index is 563. The number of rotatable bonds is 2. The van der Waals surface area contributed by atoms with Crippen LogP contribution >= 0.6 is 0 Å². The van der Waals surface area contributed by atoms with Gasteiger partial charge in [-0.05, 0) is 18.4 Å². The monoisotopic (exact) mass is 271 g/mol. The Balaban J connectivity index is 1.60. The SMILES string of the molecule is CN1C=C2CN(c3cc(C4CCC4)nc(N)n3)CC2C1. The third kappa shape index (κ3) is 1.92. The molecule has 2 N–H and O–H groups in total. The number of fused-ring (bicyclic) bond motifs is 1. The van der Waals surface area contributed by atoms with Gasteiger partial charge in [0.05, 0.1) is 5.69 Å². The zero-order valence-electron chi connectivity index (χ0n) is 11.9. The molecular weight excluding hydrogens is 250 g/mol. The maximum absolute atomic E-state index is 5.91. The largest absolute Gasteiger partial charge is 0.380 e. The molecule has 1 atom stereocenters. The summed E-state index contributed by atoms with van der Waals surface area (Å²) >= 11 is 0. The van der Waals surface area contributed by atoms with E-state index in [1.165, 1.54) is 24.8 Å². The summed E-state index contributed by atoms with van der Waals surface area (Å²) in [4.78, 5) is 13.5. The first kappa shape index (κ1) is 12.0. The molecule has 0 bridgehead atoms. The molecular formula is C15H21N5. The Morgan fingerprint density at radius 2 is 2.05 bits per heavy atom. The van der Waals surface area contributed by atoms with Gasteiger partial charge in [-0.1, -0.05) is 6.42 Å². The van der Waals surface area contributed by atoms with Crippen LogP contribution in [0.4, 0.5) is 11.8 Å². The molecule has 1 saturated carbocycles. The Morgan fingerprint density at radius 1 is 1.20 bits per heavy atom. The Hall–Kier alpha value is -1.78. The highest BCUT2D eigenvalue weighted by Gasteiger charge is 2.33. The van der Waals surface area contributed by atoms with Crippen molar-refractivity contribution in [1.82, 2.24) is 14.9 Å². The van der Waals surface area contributed by atoms with Crippen LogP contribution < -0.4 is 10.6 Å². The van der Waals surface area contributed by atoms with Crippen molar-refractivity contribution in [1.29, 1.82) is 0 Å². The molecule has 1 unspecified atom stereocenters. The lowest BCUT2D eigenvalue weighted by molar-refractivity contribution is 0.411. The standard InChI is InChI=1S/C15H21N5/c1-19-6-11-8-20(9-12(11)7-19)14-5-13(10-3-2-4-10)17-15(16)18-14/h5-6,10,12H,2-4,7-9H2,1H3,(H2,16,17,18). The second kappa shape index (κ2) is 4.36. The lowest BCUT2D eigenvalue weighted by atomic mass is 9.83. The van der Waals surface area contributed by atoms with Gasteiger partial charge in [-0.3, -0.25) is 0 Å². The summed E-state index contributed by atoms with van der Waals surface area (Å²) in [5, 5.41) is 0. The van der Waals surface area contributed by atoms with Gasteiger partial charge in [0.15, 0.2) is 0 Å². The topological polar surface area (TPSA) is 58.3 Å². The van der Waals surface area contributed by atoms with Gasteiger partial charge in [0, 0.05) is 50.8 Å². The van der Waals surface area contributed by atoms with Crippen LogP contribution in [-0.2, 0) is 0 Å². The van der Waals surface area contributed by atoms with Crippen LogP contribution in [0.1, 0.15) is 30.9 Å². The van der Waals surface area contributed by atoms with Crippen molar-refractivity contribution < 1.29 is 0 Å². The molecule has 0 amide bonds. The number of anilines is 2. The van der Waals surface area contributed by atoms with Gasteiger partial charge in [-0.2, -0.15) is 4.98 Å². The molecule has 1 aromatic heterocycles. The fourth-order valence-corrected chi connectivity index (χ4v) is 3.52. The molecule has 3 heterocycles. The van der Waals surface area contributed by atoms with Crippen LogP contribution in [0.3, 0.4) is 0 Å². The number of nitrogens with two attached hydrogens (primary N) is 1. The summed E-state index contributed by atoms with van der Waals surface area (Å²) in [6.07, 6.45) is 6.08. The minimum Gasteiger partial charge on any atom is -0.380 e. The first-order chi connectivity index (χ1) is 9.69. The highest BCUT2D eigenvalue weighted by Crippen LogP contribution is 2.37. The van der Waals surface area contributed by atoms with E-state index in [-0.39, 0.29) is 0 Å². The van der Waals surface area contributed by atoms with Crippen LogP contribution in [0, 0.1) is 5.92 Å². The predicted molar refractivity (Wildman–Crippen MR) is 79.5 cm³/mol. The molecule has 3 aliphatic rings. The molecule has 5 heteroatoms. The van der Waals surface area contributed by atoms with Gasteiger partial charge < -0.3 is 15.5 Å². The second-order valence-corrected chi connectivity index (χ2v) is 6.36. The van der Waals surface area contributed by atoms with Crippen LogP contribution in [-0.4, -0.2) is 41.5 Å². The Kier molecular flexibility index (Phi) is 2.62. The van der Waals surface area contributed by atoms with E-state index in [0.717, 1.165) is 31.1 Å². The molecule has 20 heavy (non-hydrogen) atoms. The van der Waals surface area contributed by atoms with Gasteiger partial charge in [0.25, 0.3) is 0 Å². The van der Waals surface area contributed by atoms with Gasteiger partial charge in [-0.15, -0.1) is 0 Å². The molecule has 5 nitrogen and oxygen atoms in total. The average molecular weight is 271 g/mol. The van der Waals surface area contributed by atoms with Crippen LogP contribution in [0.5, 0.6) is 0 Å². The van der Waals surface area contributed by atoms with Gasteiger partial charge in [0.1, 0.15) is 5.82 Å². The molecule has 1 saturated heterocycles. The van der Waals surface area contributed by atoms with E-state index in [1.54, 1.807) is 0 Å². The fourth-order valence-electron chi connectivity index (χ4n) is 3.52. The molecule has 2 fully saturated rings. The zero-order chi connectivity index (χ0) is 13.7. The van der Waals surface area contributed by atoms with E-state index >= 15 is 0 Å². The maximum Gasteiger partial charge on any atom is 0.222 e. The quantitative estimate of drug-likeness (QED) is 0.885. The zero-order valence-corrected chi connectivity index (χ0v) is 11.9.